The summed E-state index contributed by atoms with van der Waals surface area (Å²) in [5, 5.41) is 3.38. The maximum atomic E-state index is 3.38. The molecule has 2 rings (SSSR count). The second-order valence-corrected chi connectivity index (χ2v) is 5.74. The Morgan fingerprint density at radius 3 is 2.33 bits per heavy atom. The van der Waals surface area contributed by atoms with Crippen LogP contribution < -0.4 is 5.32 Å². The molecule has 2 aliphatic carbocycles. The number of nitrogens with one attached hydrogen (secondary N) is 1. The molecule has 0 heterocycles. The van der Waals surface area contributed by atoms with E-state index in [1.165, 1.54) is 58.0 Å². The van der Waals surface area contributed by atoms with E-state index >= 15 is 0 Å². The van der Waals surface area contributed by atoms with Gasteiger partial charge in [-0.05, 0) is 45.2 Å². The van der Waals surface area contributed by atoms with Crippen molar-refractivity contribution in [2.24, 2.45) is 5.41 Å². The molecular weight excluding hydrogens is 184 g/mol. The average Bonchev–Trinajstić information content (AvgIpc) is 2.67. The summed E-state index contributed by atoms with van der Waals surface area (Å²) in [7, 11) is 4.43. The molecule has 0 aliphatic heterocycles. The summed E-state index contributed by atoms with van der Waals surface area (Å²) in [6.07, 6.45) is 10.1. The third-order valence-electron chi connectivity index (χ3n) is 4.50. The SMILES string of the molecule is CNCC1(CN(C)C2CCCC2)CCC1. The zero-order valence-corrected chi connectivity index (χ0v) is 10.4. The van der Waals surface area contributed by atoms with Crippen LogP contribution in [0, 0.1) is 5.41 Å². The van der Waals surface area contributed by atoms with Crippen LogP contribution in [-0.4, -0.2) is 38.1 Å². The van der Waals surface area contributed by atoms with Crippen LogP contribution in [0.2, 0.25) is 0 Å². The highest BCUT2D eigenvalue weighted by molar-refractivity contribution is 4.93. The third-order valence-corrected chi connectivity index (χ3v) is 4.50. The third kappa shape index (κ3) is 2.54. The van der Waals surface area contributed by atoms with Crippen LogP contribution in [0.1, 0.15) is 44.9 Å². The minimum absolute atomic E-state index is 0.617. The van der Waals surface area contributed by atoms with Crippen molar-refractivity contribution in [3.63, 3.8) is 0 Å². The molecule has 0 aromatic carbocycles. The Morgan fingerprint density at radius 2 is 1.87 bits per heavy atom. The monoisotopic (exact) mass is 210 g/mol. The van der Waals surface area contributed by atoms with Gasteiger partial charge < -0.3 is 10.2 Å². The quantitative estimate of drug-likeness (QED) is 0.749. The Morgan fingerprint density at radius 1 is 1.20 bits per heavy atom. The summed E-state index contributed by atoms with van der Waals surface area (Å²) in [5.41, 5.74) is 0.617. The smallest absolute Gasteiger partial charge is 0.00924 e. The minimum atomic E-state index is 0.617. The molecule has 0 aromatic heterocycles. The molecule has 0 spiro atoms. The predicted molar refractivity (Wildman–Crippen MR) is 65.1 cm³/mol. The van der Waals surface area contributed by atoms with E-state index in [-0.39, 0.29) is 0 Å². The fourth-order valence-electron chi connectivity index (χ4n) is 3.45. The average molecular weight is 210 g/mol. The summed E-state index contributed by atoms with van der Waals surface area (Å²) in [4.78, 5) is 2.64. The van der Waals surface area contributed by atoms with Crippen LogP contribution in [0.3, 0.4) is 0 Å². The molecule has 2 aliphatic rings. The second kappa shape index (κ2) is 4.84. The molecule has 15 heavy (non-hydrogen) atoms. The number of hydrogen-bond acceptors (Lipinski definition) is 2. The van der Waals surface area contributed by atoms with Crippen LogP contribution in [-0.2, 0) is 0 Å². The van der Waals surface area contributed by atoms with E-state index in [2.05, 4.69) is 24.3 Å². The maximum absolute atomic E-state index is 3.38. The number of rotatable bonds is 5. The lowest BCUT2D eigenvalue weighted by Gasteiger charge is -2.45. The standard InChI is InChI=1S/C13H26N2/c1-14-10-13(8-5-9-13)11-15(2)12-6-3-4-7-12/h12,14H,3-11H2,1-2H3. The van der Waals surface area contributed by atoms with Gasteiger partial charge in [-0.25, -0.2) is 0 Å². The van der Waals surface area contributed by atoms with Gasteiger partial charge in [0.1, 0.15) is 0 Å². The van der Waals surface area contributed by atoms with Crippen molar-refractivity contribution < 1.29 is 0 Å². The Hall–Kier alpha value is -0.0800. The van der Waals surface area contributed by atoms with Gasteiger partial charge in [0.05, 0.1) is 0 Å². The van der Waals surface area contributed by atoms with Gasteiger partial charge in [-0.2, -0.15) is 0 Å². The highest BCUT2D eigenvalue weighted by Crippen LogP contribution is 2.41. The predicted octanol–water partition coefficient (Wildman–Crippen LogP) is 2.25. The summed E-state index contributed by atoms with van der Waals surface area (Å²) in [5.74, 6) is 0. The first-order valence-electron chi connectivity index (χ1n) is 6.61. The van der Waals surface area contributed by atoms with Crippen molar-refractivity contribution in [3.05, 3.63) is 0 Å². The molecule has 2 saturated carbocycles. The lowest BCUT2D eigenvalue weighted by atomic mass is 9.68. The summed E-state index contributed by atoms with van der Waals surface area (Å²) < 4.78 is 0. The van der Waals surface area contributed by atoms with E-state index in [1.807, 2.05) is 0 Å². The Kier molecular flexibility index (Phi) is 3.68. The van der Waals surface area contributed by atoms with Gasteiger partial charge in [-0.3, -0.25) is 0 Å². The molecule has 0 aromatic rings. The summed E-state index contributed by atoms with van der Waals surface area (Å²) in [6.45, 7) is 2.53. The molecule has 0 bridgehead atoms. The molecule has 0 atom stereocenters. The van der Waals surface area contributed by atoms with Crippen molar-refractivity contribution in [3.8, 4) is 0 Å². The molecule has 1 N–H and O–H groups in total. The van der Waals surface area contributed by atoms with Crippen molar-refractivity contribution in [1.29, 1.82) is 0 Å². The van der Waals surface area contributed by atoms with Gasteiger partial charge in [-0.15, -0.1) is 0 Å². The first kappa shape index (κ1) is 11.4. The van der Waals surface area contributed by atoms with Gasteiger partial charge in [0.2, 0.25) is 0 Å². The van der Waals surface area contributed by atoms with Crippen molar-refractivity contribution in [2.75, 3.05) is 27.2 Å². The normalized spacial score (nSPS) is 25.8. The minimum Gasteiger partial charge on any atom is -0.319 e. The van der Waals surface area contributed by atoms with E-state index in [1.54, 1.807) is 0 Å². The Balaban J connectivity index is 1.83. The van der Waals surface area contributed by atoms with E-state index < -0.39 is 0 Å². The van der Waals surface area contributed by atoms with Gasteiger partial charge in [0.15, 0.2) is 0 Å². The molecule has 2 heteroatoms. The highest BCUT2D eigenvalue weighted by Gasteiger charge is 2.38. The van der Waals surface area contributed by atoms with Crippen LogP contribution in [0.4, 0.5) is 0 Å². The number of nitrogens with zero attached hydrogens (tertiary/aromatic N) is 1. The molecule has 2 nitrogen and oxygen atoms in total. The molecule has 88 valence electrons. The van der Waals surface area contributed by atoms with Gasteiger partial charge >= 0.3 is 0 Å². The molecular formula is C13H26N2. The van der Waals surface area contributed by atoms with Crippen molar-refractivity contribution in [1.82, 2.24) is 10.2 Å². The molecule has 0 saturated heterocycles. The Labute approximate surface area is 94.4 Å². The zero-order chi connectivity index (χ0) is 10.7. The van der Waals surface area contributed by atoms with Crippen LogP contribution >= 0.6 is 0 Å². The zero-order valence-electron chi connectivity index (χ0n) is 10.4. The summed E-state index contributed by atoms with van der Waals surface area (Å²) in [6, 6.07) is 0.888. The van der Waals surface area contributed by atoms with Gasteiger partial charge in [-0.1, -0.05) is 19.3 Å². The van der Waals surface area contributed by atoms with Gasteiger partial charge in [0.25, 0.3) is 0 Å². The van der Waals surface area contributed by atoms with E-state index in [0.29, 0.717) is 5.41 Å². The van der Waals surface area contributed by atoms with Gasteiger partial charge in [0, 0.05) is 19.1 Å². The number of hydrogen-bond donors (Lipinski definition) is 1. The van der Waals surface area contributed by atoms with E-state index in [0.717, 1.165) is 6.04 Å². The van der Waals surface area contributed by atoms with Crippen molar-refractivity contribution >= 4 is 0 Å². The fraction of sp³-hybridized carbons (Fsp3) is 1.00. The first-order chi connectivity index (χ1) is 7.26. The topological polar surface area (TPSA) is 15.3 Å². The second-order valence-electron chi connectivity index (χ2n) is 5.74. The fourth-order valence-corrected chi connectivity index (χ4v) is 3.45. The van der Waals surface area contributed by atoms with E-state index in [4.69, 9.17) is 0 Å². The molecule has 2 fully saturated rings. The lowest BCUT2D eigenvalue weighted by molar-refractivity contribution is 0.0614. The van der Waals surface area contributed by atoms with Crippen molar-refractivity contribution in [2.45, 2.75) is 51.0 Å². The highest BCUT2D eigenvalue weighted by atomic mass is 15.1. The van der Waals surface area contributed by atoms with Crippen LogP contribution in [0.15, 0.2) is 0 Å². The van der Waals surface area contributed by atoms with Crippen LogP contribution in [0.25, 0.3) is 0 Å². The Bertz CT molecular complexity index is 193. The molecule has 0 amide bonds. The first-order valence-corrected chi connectivity index (χ1v) is 6.61. The largest absolute Gasteiger partial charge is 0.319 e. The van der Waals surface area contributed by atoms with Crippen LogP contribution in [0.5, 0.6) is 0 Å². The molecule has 0 unspecified atom stereocenters. The lowest BCUT2D eigenvalue weighted by Crippen LogP contribution is -2.48. The molecule has 0 radical (unpaired) electrons. The maximum Gasteiger partial charge on any atom is 0.00924 e. The summed E-state index contributed by atoms with van der Waals surface area (Å²) >= 11 is 0. The van der Waals surface area contributed by atoms with E-state index in [9.17, 15) is 0 Å².